The SMILES string of the molecule is Cc1cc(Cl)c(NCC2(C/C(N)=N/O)CC2)cc1Cl. The van der Waals surface area contributed by atoms with Crippen LogP contribution in [0.4, 0.5) is 5.69 Å². The van der Waals surface area contributed by atoms with Gasteiger partial charge in [-0.25, -0.2) is 0 Å². The summed E-state index contributed by atoms with van der Waals surface area (Å²) in [6.07, 6.45) is 2.72. The van der Waals surface area contributed by atoms with Gasteiger partial charge in [0.15, 0.2) is 0 Å². The molecule has 1 aromatic carbocycles. The van der Waals surface area contributed by atoms with E-state index in [-0.39, 0.29) is 11.3 Å². The maximum absolute atomic E-state index is 8.63. The quantitative estimate of drug-likeness (QED) is 0.337. The van der Waals surface area contributed by atoms with Gasteiger partial charge < -0.3 is 16.3 Å². The normalized spacial score (nSPS) is 17.3. The van der Waals surface area contributed by atoms with Crippen molar-refractivity contribution < 1.29 is 5.21 Å². The van der Waals surface area contributed by atoms with Crippen LogP contribution in [0, 0.1) is 12.3 Å². The van der Waals surface area contributed by atoms with Crippen molar-refractivity contribution in [2.45, 2.75) is 26.2 Å². The molecule has 0 bridgehead atoms. The molecule has 0 atom stereocenters. The number of nitrogens with two attached hydrogens (primary N) is 1. The van der Waals surface area contributed by atoms with Gasteiger partial charge in [0.25, 0.3) is 0 Å². The Balaban J connectivity index is 2.01. The van der Waals surface area contributed by atoms with Crippen molar-refractivity contribution >= 4 is 34.7 Å². The van der Waals surface area contributed by atoms with Gasteiger partial charge in [0.05, 0.1) is 10.7 Å². The van der Waals surface area contributed by atoms with Crippen molar-refractivity contribution in [1.29, 1.82) is 0 Å². The molecule has 19 heavy (non-hydrogen) atoms. The van der Waals surface area contributed by atoms with Crippen LogP contribution in [0.15, 0.2) is 17.3 Å². The third kappa shape index (κ3) is 3.45. The third-order valence-corrected chi connectivity index (χ3v) is 4.26. The standard InChI is InChI=1S/C13H17Cl2N3O/c1-8-4-10(15)11(5-9(8)14)17-7-13(2-3-13)6-12(16)18-19/h4-5,17,19H,2-3,6-7H2,1H3,(H2,16,18). The summed E-state index contributed by atoms with van der Waals surface area (Å²) in [5.41, 5.74) is 7.42. The summed E-state index contributed by atoms with van der Waals surface area (Å²) in [5, 5.41) is 16.3. The number of oxime groups is 1. The Kier molecular flexibility index (Phi) is 4.11. The van der Waals surface area contributed by atoms with Gasteiger partial charge in [-0.1, -0.05) is 28.4 Å². The van der Waals surface area contributed by atoms with Crippen molar-refractivity contribution in [3.63, 3.8) is 0 Å². The van der Waals surface area contributed by atoms with Crippen LogP contribution < -0.4 is 11.1 Å². The number of aryl methyl sites for hydroxylation is 1. The summed E-state index contributed by atoms with van der Waals surface area (Å²) < 4.78 is 0. The van der Waals surface area contributed by atoms with Gasteiger partial charge in [-0.15, -0.1) is 0 Å². The zero-order valence-corrected chi connectivity index (χ0v) is 12.2. The van der Waals surface area contributed by atoms with Gasteiger partial charge in [-0.05, 0) is 42.9 Å². The number of nitrogens with one attached hydrogen (secondary N) is 1. The van der Waals surface area contributed by atoms with Crippen molar-refractivity contribution in [2.75, 3.05) is 11.9 Å². The van der Waals surface area contributed by atoms with Crippen molar-refractivity contribution in [3.8, 4) is 0 Å². The zero-order chi connectivity index (χ0) is 14.0. The van der Waals surface area contributed by atoms with Crippen LogP contribution in [0.5, 0.6) is 0 Å². The second-order valence-electron chi connectivity index (χ2n) is 5.20. The molecule has 4 nitrogen and oxygen atoms in total. The highest BCUT2D eigenvalue weighted by atomic mass is 35.5. The molecular formula is C13H17Cl2N3O. The Hall–Kier alpha value is -1.13. The lowest BCUT2D eigenvalue weighted by atomic mass is 10.0. The van der Waals surface area contributed by atoms with Crippen LogP contribution in [-0.2, 0) is 0 Å². The fourth-order valence-electron chi connectivity index (χ4n) is 2.08. The average Bonchev–Trinajstić information content (AvgIpc) is 3.12. The fourth-order valence-corrected chi connectivity index (χ4v) is 2.53. The first kappa shape index (κ1) is 14.3. The second-order valence-corrected chi connectivity index (χ2v) is 6.02. The minimum atomic E-state index is 0.0804. The largest absolute Gasteiger partial charge is 0.409 e. The highest BCUT2D eigenvalue weighted by Crippen LogP contribution is 2.49. The Labute approximate surface area is 122 Å². The lowest BCUT2D eigenvalue weighted by Gasteiger charge is -2.17. The average molecular weight is 302 g/mol. The smallest absolute Gasteiger partial charge is 0.139 e. The predicted octanol–water partition coefficient (Wildman–Crippen LogP) is 3.63. The number of nitrogens with zero attached hydrogens (tertiary/aromatic N) is 1. The lowest BCUT2D eigenvalue weighted by Crippen LogP contribution is -2.23. The Morgan fingerprint density at radius 1 is 1.42 bits per heavy atom. The van der Waals surface area contributed by atoms with Gasteiger partial charge >= 0.3 is 0 Å². The molecular weight excluding hydrogens is 285 g/mol. The molecule has 0 spiro atoms. The van der Waals surface area contributed by atoms with Crippen molar-refractivity contribution in [1.82, 2.24) is 0 Å². The summed E-state index contributed by atoms with van der Waals surface area (Å²) in [4.78, 5) is 0. The summed E-state index contributed by atoms with van der Waals surface area (Å²) in [6, 6.07) is 3.67. The van der Waals surface area contributed by atoms with E-state index in [1.807, 2.05) is 19.1 Å². The van der Waals surface area contributed by atoms with Gasteiger partial charge in [0.2, 0.25) is 0 Å². The molecule has 0 unspecified atom stereocenters. The van der Waals surface area contributed by atoms with Gasteiger partial charge in [0.1, 0.15) is 5.84 Å². The number of hydrogen-bond donors (Lipinski definition) is 3. The Morgan fingerprint density at radius 2 is 2.11 bits per heavy atom. The molecule has 4 N–H and O–H groups in total. The molecule has 1 aliphatic carbocycles. The molecule has 0 amide bonds. The number of benzene rings is 1. The molecule has 1 saturated carbocycles. The Morgan fingerprint density at radius 3 is 2.68 bits per heavy atom. The van der Waals surface area contributed by atoms with E-state index >= 15 is 0 Å². The van der Waals surface area contributed by atoms with E-state index in [0.717, 1.165) is 30.6 Å². The number of hydrogen-bond acceptors (Lipinski definition) is 3. The lowest BCUT2D eigenvalue weighted by molar-refractivity contribution is 0.315. The van der Waals surface area contributed by atoms with Crippen LogP contribution >= 0.6 is 23.2 Å². The molecule has 1 aromatic rings. The summed E-state index contributed by atoms with van der Waals surface area (Å²) >= 11 is 12.3. The van der Waals surface area contributed by atoms with E-state index < -0.39 is 0 Å². The Bertz CT molecular complexity index is 513. The molecule has 104 valence electrons. The molecule has 0 heterocycles. The van der Waals surface area contributed by atoms with E-state index in [0.29, 0.717) is 16.5 Å². The van der Waals surface area contributed by atoms with E-state index in [1.54, 1.807) is 0 Å². The maximum Gasteiger partial charge on any atom is 0.139 e. The van der Waals surface area contributed by atoms with Crippen molar-refractivity contribution in [3.05, 3.63) is 27.7 Å². The summed E-state index contributed by atoms with van der Waals surface area (Å²) in [6.45, 7) is 2.65. The van der Waals surface area contributed by atoms with Crippen LogP contribution in [0.1, 0.15) is 24.8 Å². The first-order valence-corrected chi connectivity index (χ1v) is 6.87. The summed E-state index contributed by atoms with van der Waals surface area (Å²) in [5.74, 6) is 0.271. The zero-order valence-electron chi connectivity index (χ0n) is 10.7. The second kappa shape index (κ2) is 5.47. The molecule has 2 rings (SSSR count). The molecule has 0 aliphatic heterocycles. The highest BCUT2D eigenvalue weighted by molar-refractivity contribution is 6.35. The number of amidine groups is 1. The maximum atomic E-state index is 8.63. The van der Waals surface area contributed by atoms with E-state index in [4.69, 9.17) is 34.1 Å². The van der Waals surface area contributed by atoms with Crippen LogP contribution in [0.2, 0.25) is 10.0 Å². The molecule has 0 radical (unpaired) electrons. The minimum absolute atomic E-state index is 0.0804. The van der Waals surface area contributed by atoms with E-state index in [1.165, 1.54) is 0 Å². The third-order valence-electron chi connectivity index (χ3n) is 3.54. The molecule has 0 saturated heterocycles. The first-order chi connectivity index (χ1) is 8.96. The molecule has 0 aromatic heterocycles. The molecule has 1 aliphatic rings. The highest BCUT2D eigenvalue weighted by Gasteiger charge is 2.43. The predicted molar refractivity (Wildman–Crippen MR) is 79.4 cm³/mol. The van der Waals surface area contributed by atoms with Crippen LogP contribution in [0.25, 0.3) is 0 Å². The monoisotopic (exact) mass is 301 g/mol. The van der Waals surface area contributed by atoms with Crippen LogP contribution in [0.3, 0.4) is 0 Å². The van der Waals surface area contributed by atoms with Gasteiger partial charge in [-0.2, -0.15) is 0 Å². The van der Waals surface area contributed by atoms with Gasteiger partial charge in [0, 0.05) is 18.0 Å². The number of rotatable bonds is 5. The first-order valence-electron chi connectivity index (χ1n) is 6.12. The molecule has 1 fully saturated rings. The van der Waals surface area contributed by atoms with Crippen molar-refractivity contribution in [2.24, 2.45) is 16.3 Å². The van der Waals surface area contributed by atoms with E-state index in [9.17, 15) is 0 Å². The molecule has 6 heteroatoms. The van der Waals surface area contributed by atoms with E-state index in [2.05, 4.69) is 10.5 Å². The fraction of sp³-hybridized carbons (Fsp3) is 0.462. The van der Waals surface area contributed by atoms with Crippen LogP contribution in [-0.4, -0.2) is 17.6 Å². The number of halogens is 2. The number of anilines is 1. The minimum Gasteiger partial charge on any atom is -0.409 e. The van der Waals surface area contributed by atoms with Gasteiger partial charge in [-0.3, -0.25) is 0 Å². The summed E-state index contributed by atoms with van der Waals surface area (Å²) in [7, 11) is 0. The topological polar surface area (TPSA) is 70.6 Å².